The Hall–Kier alpha value is -4.23. The van der Waals surface area contributed by atoms with E-state index in [1.165, 1.54) is 30.3 Å². The first-order valence-corrected chi connectivity index (χ1v) is 12.9. The number of amides is 2. The topological polar surface area (TPSA) is 58.6 Å². The van der Waals surface area contributed by atoms with Crippen LogP contribution >= 0.6 is 15.9 Å². The first-order chi connectivity index (χ1) is 18.5. The maximum atomic E-state index is 13.3. The molecule has 190 valence electrons. The minimum absolute atomic E-state index is 0.285. The van der Waals surface area contributed by atoms with Crippen molar-refractivity contribution in [2.45, 2.75) is 18.7 Å². The molecule has 1 N–H and O–H groups in total. The average Bonchev–Trinajstić information content (AvgIpc) is 3.27. The molecule has 2 atom stereocenters. The fraction of sp³-hybridized carbons (Fsp3) is 0.0968. The Morgan fingerprint density at radius 3 is 2.34 bits per heavy atom. The number of carbonyl (C=O) groups is 2. The van der Waals surface area contributed by atoms with Gasteiger partial charge in [0.25, 0.3) is 0 Å². The molecule has 1 fully saturated rings. The number of rotatable bonds is 8. The minimum atomic E-state index is -0.535. The number of benzene rings is 4. The molecule has 0 aliphatic carbocycles. The highest BCUT2D eigenvalue weighted by Gasteiger charge is 2.41. The molecule has 4 aromatic carbocycles. The number of ketones is 1. The number of hydrogen-bond acceptors (Lipinski definition) is 3. The van der Waals surface area contributed by atoms with E-state index >= 15 is 0 Å². The molecule has 0 radical (unpaired) electrons. The smallest absolute Gasteiger partial charge is 0.323 e. The van der Waals surface area contributed by atoms with Crippen molar-refractivity contribution in [1.82, 2.24) is 5.32 Å². The molecule has 0 bridgehead atoms. The Bertz CT molecular complexity index is 1460. The fourth-order valence-corrected chi connectivity index (χ4v) is 4.78. The third kappa shape index (κ3) is 5.68. The van der Waals surface area contributed by atoms with Crippen LogP contribution in [0, 0.1) is 5.82 Å². The standard InChI is InChI=1S/C31H24BrFN2O3/c32-23-13-16-26(29(19-23)38-20-21-7-3-1-4-8-21)30-27(17-18-28(36)22-11-14-24(33)15-12-22)34-31(37)35(30)25-9-5-2-6-10-25/h1-19,27,30H,20H2,(H,34,37)/b18-17+/t27-,30+/m0/s1. The molecule has 0 saturated carbocycles. The lowest BCUT2D eigenvalue weighted by molar-refractivity contribution is 0.104. The molecule has 4 aromatic rings. The highest BCUT2D eigenvalue weighted by Crippen LogP contribution is 2.40. The van der Waals surface area contributed by atoms with Gasteiger partial charge in [-0.25, -0.2) is 9.18 Å². The second-order valence-corrected chi connectivity index (χ2v) is 9.73. The molecule has 0 aromatic heterocycles. The summed E-state index contributed by atoms with van der Waals surface area (Å²) in [5.74, 6) is -0.0770. The maximum Gasteiger partial charge on any atom is 0.323 e. The first kappa shape index (κ1) is 25.4. The molecular weight excluding hydrogens is 547 g/mol. The third-order valence-electron chi connectivity index (χ3n) is 6.28. The van der Waals surface area contributed by atoms with Crippen LogP contribution in [-0.2, 0) is 6.61 Å². The highest BCUT2D eigenvalue weighted by molar-refractivity contribution is 9.10. The average molecular weight is 571 g/mol. The lowest BCUT2D eigenvalue weighted by Crippen LogP contribution is -2.29. The summed E-state index contributed by atoms with van der Waals surface area (Å²) in [5.41, 5.74) is 2.88. The Labute approximate surface area is 228 Å². The van der Waals surface area contributed by atoms with E-state index in [-0.39, 0.29) is 11.8 Å². The van der Waals surface area contributed by atoms with Gasteiger partial charge in [0, 0.05) is 21.3 Å². The Kier molecular flexibility index (Phi) is 7.65. The molecule has 38 heavy (non-hydrogen) atoms. The van der Waals surface area contributed by atoms with Crippen LogP contribution in [0.25, 0.3) is 0 Å². The van der Waals surface area contributed by atoms with Gasteiger partial charge < -0.3 is 10.1 Å². The van der Waals surface area contributed by atoms with E-state index < -0.39 is 17.9 Å². The van der Waals surface area contributed by atoms with E-state index in [1.807, 2.05) is 78.9 Å². The van der Waals surface area contributed by atoms with Crippen LogP contribution in [0.3, 0.4) is 0 Å². The number of hydrogen-bond donors (Lipinski definition) is 1. The van der Waals surface area contributed by atoms with Crippen LogP contribution in [0.4, 0.5) is 14.9 Å². The van der Waals surface area contributed by atoms with Crippen LogP contribution < -0.4 is 15.0 Å². The van der Waals surface area contributed by atoms with E-state index in [4.69, 9.17) is 4.74 Å². The Morgan fingerprint density at radius 1 is 0.947 bits per heavy atom. The zero-order chi connectivity index (χ0) is 26.5. The lowest BCUT2D eigenvalue weighted by Gasteiger charge is -2.28. The predicted molar refractivity (Wildman–Crippen MR) is 149 cm³/mol. The monoisotopic (exact) mass is 570 g/mol. The van der Waals surface area contributed by atoms with Gasteiger partial charge in [0.1, 0.15) is 18.2 Å². The van der Waals surface area contributed by atoms with E-state index in [1.54, 1.807) is 11.0 Å². The van der Waals surface area contributed by atoms with Crippen LogP contribution in [0.1, 0.15) is 27.5 Å². The number of ether oxygens (including phenoxy) is 1. The van der Waals surface area contributed by atoms with Gasteiger partial charge in [-0.05, 0) is 60.2 Å². The van der Waals surface area contributed by atoms with Crippen LogP contribution in [0.15, 0.2) is 120 Å². The van der Waals surface area contributed by atoms with Crippen molar-refractivity contribution in [2.75, 3.05) is 4.90 Å². The van der Waals surface area contributed by atoms with E-state index in [2.05, 4.69) is 21.2 Å². The molecular formula is C31H24BrFN2O3. The number of halogens is 2. The van der Waals surface area contributed by atoms with Crippen molar-refractivity contribution >= 4 is 33.4 Å². The van der Waals surface area contributed by atoms with Crippen molar-refractivity contribution in [3.8, 4) is 5.75 Å². The van der Waals surface area contributed by atoms with Gasteiger partial charge in [0.05, 0.1) is 12.1 Å². The Balaban J connectivity index is 1.51. The first-order valence-electron chi connectivity index (χ1n) is 12.1. The summed E-state index contributed by atoms with van der Waals surface area (Å²) in [6, 6.07) is 29.0. The summed E-state index contributed by atoms with van der Waals surface area (Å²) in [5, 5.41) is 3.00. The van der Waals surface area contributed by atoms with Gasteiger partial charge in [-0.3, -0.25) is 9.69 Å². The zero-order valence-electron chi connectivity index (χ0n) is 20.3. The molecule has 0 unspecified atom stereocenters. The molecule has 1 heterocycles. The fourth-order valence-electron chi connectivity index (χ4n) is 4.44. The summed E-state index contributed by atoms with van der Waals surface area (Å²) in [6.45, 7) is 0.354. The van der Waals surface area contributed by atoms with E-state index in [0.717, 1.165) is 15.6 Å². The number of urea groups is 1. The molecule has 0 spiro atoms. The van der Waals surface area contributed by atoms with Crippen LogP contribution in [0.5, 0.6) is 5.75 Å². The van der Waals surface area contributed by atoms with E-state index in [9.17, 15) is 14.0 Å². The Morgan fingerprint density at radius 2 is 1.63 bits per heavy atom. The molecule has 2 amide bonds. The summed E-state index contributed by atoms with van der Waals surface area (Å²) in [6.07, 6.45) is 3.10. The van der Waals surface area contributed by atoms with Gasteiger partial charge in [-0.15, -0.1) is 0 Å². The number of para-hydroxylation sites is 1. The van der Waals surface area contributed by atoms with E-state index in [0.29, 0.717) is 23.6 Å². The number of carbonyl (C=O) groups excluding carboxylic acids is 2. The van der Waals surface area contributed by atoms with Crippen molar-refractivity contribution in [3.05, 3.63) is 142 Å². The summed E-state index contributed by atoms with van der Waals surface area (Å²) >= 11 is 3.54. The van der Waals surface area contributed by atoms with Gasteiger partial charge in [-0.1, -0.05) is 76.6 Å². The summed E-state index contributed by atoms with van der Waals surface area (Å²) in [7, 11) is 0. The highest BCUT2D eigenvalue weighted by atomic mass is 79.9. The number of nitrogens with one attached hydrogen (secondary N) is 1. The summed E-state index contributed by atoms with van der Waals surface area (Å²) < 4.78 is 20.4. The van der Waals surface area contributed by atoms with Crippen LogP contribution in [-0.4, -0.2) is 17.9 Å². The molecule has 1 aliphatic heterocycles. The second kappa shape index (κ2) is 11.4. The van der Waals surface area contributed by atoms with Gasteiger partial charge >= 0.3 is 6.03 Å². The number of anilines is 1. The van der Waals surface area contributed by atoms with Crippen LogP contribution in [0.2, 0.25) is 0 Å². The number of nitrogens with zero attached hydrogens (tertiary/aromatic N) is 1. The zero-order valence-corrected chi connectivity index (χ0v) is 21.8. The molecule has 5 rings (SSSR count). The van der Waals surface area contributed by atoms with Crippen molar-refractivity contribution in [1.29, 1.82) is 0 Å². The third-order valence-corrected chi connectivity index (χ3v) is 6.77. The molecule has 7 heteroatoms. The lowest BCUT2D eigenvalue weighted by atomic mass is 9.97. The van der Waals surface area contributed by atoms with Crippen molar-refractivity contribution in [2.24, 2.45) is 0 Å². The molecule has 5 nitrogen and oxygen atoms in total. The molecule has 1 aliphatic rings. The predicted octanol–water partition coefficient (Wildman–Crippen LogP) is 7.25. The largest absolute Gasteiger partial charge is 0.488 e. The quantitative estimate of drug-likeness (QED) is 0.179. The van der Waals surface area contributed by atoms with Gasteiger partial charge in [0.2, 0.25) is 0 Å². The summed E-state index contributed by atoms with van der Waals surface area (Å²) in [4.78, 5) is 27.8. The van der Waals surface area contributed by atoms with Crippen molar-refractivity contribution in [3.63, 3.8) is 0 Å². The number of allylic oxidation sites excluding steroid dienone is 1. The molecule has 1 saturated heterocycles. The van der Waals surface area contributed by atoms with Crippen molar-refractivity contribution < 1.29 is 18.7 Å². The normalized spacial score (nSPS) is 17.0. The van der Waals surface area contributed by atoms with Gasteiger partial charge in [0.15, 0.2) is 5.78 Å². The minimum Gasteiger partial charge on any atom is -0.488 e. The van der Waals surface area contributed by atoms with Gasteiger partial charge in [-0.2, -0.15) is 0 Å². The maximum absolute atomic E-state index is 13.3. The second-order valence-electron chi connectivity index (χ2n) is 8.81. The SMILES string of the molecule is O=C(/C=C/[C@@H]1NC(=O)N(c2ccccc2)[C@@H]1c1ccc(Br)cc1OCc1ccccc1)c1ccc(F)cc1.